The maximum absolute atomic E-state index is 6.19. The van der Waals surface area contributed by atoms with Crippen LogP contribution in [0.15, 0.2) is 89.4 Å². The Labute approximate surface area is 147 Å². The first-order chi connectivity index (χ1) is 12.3. The predicted molar refractivity (Wildman–Crippen MR) is 102 cm³/mol. The Bertz CT molecular complexity index is 936. The average Bonchev–Trinajstić information content (AvgIpc) is 3.23. The number of hydrogen-bond acceptors (Lipinski definition) is 1. The van der Waals surface area contributed by atoms with Gasteiger partial charge >= 0.3 is 11.5 Å². The van der Waals surface area contributed by atoms with E-state index in [4.69, 9.17) is 9.15 Å². The van der Waals surface area contributed by atoms with Gasteiger partial charge in [-0.1, -0.05) is 42.5 Å². The van der Waals surface area contributed by atoms with E-state index >= 15 is 0 Å². The first kappa shape index (κ1) is 15.4. The Hall–Kier alpha value is -3.13. The first-order valence-electron chi connectivity index (χ1n) is 8.23. The van der Waals surface area contributed by atoms with Gasteiger partial charge in [0.1, 0.15) is 5.75 Å². The minimum atomic E-state index is 0.851. The van der Waals surface area contributed by atoms with Crippen LogP contribution >= 0.6 is 0 Å². The van der Waals surface area contributed by atoms with Gasteiger partial charge in [0.25, 0.3) is 0 Å². The lowest BCUT2D eigenvalue weighted by molar-refractivity contribution is 0.415. The number of rotatable bonds is 4. The van der Waals surface area contributed by atoms with Crippen LogP contribution in [0.5, 0.6) is 5.75 Å². The molecule has 0 spiro atoms. The zero-order valence-electron chi connectivity index (χ0n) is 14.0. The van der Waals surface area contributed by atoms with Gasteiger partial charge in [0.05, 0.1) is 30.4 Å². The van der Waals surface area contributed by atoms with E-state index in [1.807, 2.05) is 42.8 Å². The summed E-state index contributed by atoms with van der Waals surface area (Å²) in [5, 5.41) is 0. The van der Waals surface area contributed by atoms with Crippen LogP contribution < -0.4 is 4.74 Å². The Balaban J connectivity index is 1.85. The van der Waals surface area contributed by atoms with Gasteiger partial charge in [-0.2, -0.15) is 0 Å². The third kappa shape index (κ3) is 3.24. The van der Waals surface area contributed by atoms with Gasteiger partial charge in [0.2, 0.25) is 0 Å². The van der Waals surface area contributed by atoms with Crippen molar-refractivity contribution >= 4 is 5.57 Å². The van der Waals surface area contributed by atoms with Crippen LogP contribution in [0, 0.1) is 6.42 Å². The highest BCUT2D eigenvalue weighted by Gasteiger charge is 2.21. The Kier molecular flexibility index (Phi) is 4.17. The molecule has 0 N–H and O–H groups in total. The van der Waals surface area contributed by atoms with E-state index in [9.17, 15) is 0 Å². The third-order valence-electron chi connectivity index (χ3n) is 4.22. The van der Waals surface area contributed by atoms with E-state index in [1.54, 1.807) is 7.11 Å². The summed E-state index contributed by atoms with van der Waals surface area (Å²) >= 11 is 0. The molecule has 3 aromatic rings. The second-order valence-electron chi connectivity index (χ2n) is 5.84. The van der Waals surface area contributed by atoms with Crippen LogP contribution in [0.4, 0.5) is 0 Å². The smallest absolute Gasteiger partial charge is 0.361 e. The molecule has 0 saturated carbocycles. The van der Waals surface area contributed by atoms with Crippen molar-refractivity contribution in [3.63, 3.8) is 0 Å². The van der Waals surface area contributed by atoms with Gasteiger partial charge in [0.15, 0.2) is 0 Å². The molecule has 0 amide bonds. The minimum absolute atomic E-state index is 0.851. The molecular weight excluding hydrogens is 308 g/mol. The van der Waals surface area contributed by atoms with E-state index in [0.29, 0.717) is 0 Å². The quantitative estimate of drug-likeness (QED) is 0.543. The monoisotopic (exact) mass is 326 g/mol. The standard InChI is InChI=1S/C23H18O2/c1-24-21-13-11-17(12-14-21)20-15-22(18-7-3-2-4-8-18)25-23(16-20)19-9-5-6-10-19/h2-16H,1H3/q+1. The molecular formula is C23H18O2+. The summed E-state index contributed by atoms with van der Waals surface area (Å²) in [6.07, 6.45) is 8.16. The zero-order chi connectivity index (χ0) is 17.1. The fraction of sp³-hybridized carbons (Fsp3) is 0.0435. The van der Waals surface area contributed by atoms with Crippen molar-refractivity contribution in [2.24, 2.45) is 0 Å². The first-order valence-corrected chi connectivity index (χ1v) is 8.23. The van der Waals surface area contributed by atoms with Gasteiger partial charge < -0.3 is 4.74 Å². The molecule has 2 heteroatoms. The van der Waals surface area contributed by atoms with E-state index in [1.165, 1.54) is 0 Å². The molecule has 1 aliphatic carbocycles. The van der Waals surface area contributed by atoms with Crippen molar-refractivity contribution in [1.29, 1.82) is 0 Å². The maximum atomic E-state index is 6.19. The fourth-order valence-corrected chi connectivity index (χ4v) is 2.88. The largest absolute Gasteiger partial charge is 0.497 e. The van der Waals surface area contributed by atoms with Crippen LogP contribution in [0.1, 0.15) is 5.76 Å². The second kappa shape index (κ2) is 6.78. The molecule has 4 rings (SSSR count). The lowest BCUT2D eigenvalue weighted by Gasteiger charge is -2.04. The van der Waals surface area contributed by atoms with Gasteiger partial charge in [-0.15, -0.1) is 0 Å². The lowest BCUT2D eigenvalue weighted by atomic mass is 10.0. The van der Waals surface area contributed by atoms with Gasteiger partial charge in [-0.25, -0.2) is 4.42 Å². The number of methoxy groups -OCH3 is 1. The minimum Gasteiger partial charge on any atom is -0.497 e. The second-order valence-corrected chi connectivity index (χ2v) is 5.84. The van der Waals surface area contributed by atoms with E-state index < -0.39 is 0 Å². The summed E-state index contributed by atoms with van der Waals surface area (Å²) < 4.78 is 11.5. The van der Waals surface area contributed by atoms with Gasteiger partial charge in [-0.05, 0) is 35.9 Å². The number of allylic oxidation sites excluding steroid dienone is 4. The lowest BCUT2D eigenvalue weighted by Crippen LogP contribution is -1.88. The summed E-state index contributed by atoms with van der Waals surface area (Å²) in [5.41, 5.74) is 4.38. The van der Waals surface area contributed by atoms with E-state index in [-0.39, 0.29) is 0 Å². The van der Waals surface area contributed by atoms with Crippen LogP contribution in [-0.4, -0.2) is 7.11 Å². The average molecular weight is 326 g/mol. The fourth-order valence-electron chi connectivity index (χ4n) is 2.88. The van der Waals surface area contributed by atoms with Gasteiger partial charge in [0, 0.05) is 12.0 Å². The predicted octanol–water partition coefficient (Wildman–Crippen LogP) is 6.06. The van der Waals surface area contributed by atoms with Crippen molar-refractivity contribution in [2.75, 3.05) is 7.11 Å². The van der Waals surface area contributed by atoms with Crippen molar-refractivity contribution in [3.05, 3.63) is 97.1 Å². The van der Waals surface area contributed by atoms with Gasteiger partial charge in [-0.3, -0.25) is 0 Å². The van der Waals surface area contributed by atoms with Crippen LogP contribution in [0.2, 0.25) is 0 Å². The Morgan fingerprint density at radius 3 is 2.20 bits per heavy atom. The van der Waals surface area contributed by atoms with Crippen molar-refractivity contribution in [3.8, 4) is 28.2 Å². The molecule has 121 valence electrons. The van der Waals surface area contributed by atoms with Crippen molar-refractivity contribution in [1.82, 2.24) is 0 Å². The molecule has 25 heavy (non-hydrogen) atoms. The zero-order valence-corrected chi connectivity index (χ0v) is 14.0. The van der Waals surface area contributed by atoms with Crippen molar-refractivity contribution in [2.45, 2.75) is 0 Å². The maximum Gasteiger partial charge on any atom is 0.361 e. The van der Waals surface area contributed by atoms with Crippen LogP contribution in [0.25, 0.3) is 28.0 Å². The summed E-state index contributed by atoms with van der Waals surface area (Å²) in [6, 6.07) is 22.4. The molecule has 1 aromatic heterocycles. The molecule has 2 aromatic carbocycles. The summed E-state index contributed by atoms with van der Waals surface area (Å²) in [4.78, 5) is 0. The Morgan fingerprint density at radius 1 is 0.760 bits per heavy atom. The molecule has 1 aliphatic rings. The van der Waals surface area contributed by atoms with E-state index in [0.717, 1.165) is 39.5 Å². The molecule has 0 bridgehead atoms. The number of benzene rings is 2. The summed E-state index contributed by atoms with van der Waals surface area (Å²) in [5.74, 6) is 2.56. The highest BCUT2D eigenvalue weighted by molar-refractivity contribution is 5.80. The molecule has 0 fully saturated rings. The molecule has 1 heterocycles. The molecule has 1 radical (unpaired) electrons. The topological polar surface area (TPSA) is 20.5 Å². The van der Waals surface area contributed by atoms with Crippen LogP contribution in [-0.2, 0) is 0 Å². The summed E-state index contributed by atoms with van der Waals surface area (Å²) in [6.45, 7) is 0. The highest BCUT2D eigenvalue weighted by atomic mass is 16.5. The number of hydrogen-bond donors (Lipinski definition) is 0. The SMILES string of the molecule is COc1ccc(-c2cc(C3=C[CH]C=C3)[o+]c(-c3ccccc3)c2)cc1. The molecule has 2 nitrogen and oxygen atoms in total. The third-order valence-corrected chi connectivity index (χ3v) is 4.22. The summed E-state index contributed by atoms with van der Waals surface area (Å²) in [7, 11) is 1.68. The van der Waals surface area contributed by atoms with E-state index in [2.05, 4.69) is 48.6 Å². The van der Waals surface area contributed by atoms with Crippen molar-refractivity contribution < 1.29 is 9.15 Å². The number of ether oxygens (including phenoxy) is 1. The molecule has 0 aliphatic heterocycles. The molecule has 0 atom stereocenters. The molecule has 0 saturated heterocycles. The molecule has 0 unspecified atom stereocenters. The van der Waals surface area contributed by atoms with Crippen LogP contribution in [0.3, 0.4) is 0 Å². The Morgan fingerprint density at radius 2 is 1.52 bits per heavy atom. The highest BCUT2D eigenvalue weighted by Crippen LogP contribution is 2.33. The normalized spacial score (nSPS) is 12.9.